The van der Waals surface area contributed by atoms with Crippen LogP contribution in [0, 0.1) is 0 Å². The van der Waals surface area contributed by atoms with E-state index in [0.29, 0.717) is 13.2 Å². The van der Waals surface area contributed by atoms with E-state index in [0.717, 1.165) is 30.3 Å². The van der Waals surface area contributed by atoms with Crippen LogP contribution in [-0.2, 0) is 23.0 Å². The molecule has 2 aromatic rings. The first-order valence-corrected chi connectivity index (χ1v) is 7.03. The number of nitrogens with zero attached hydrogens (tertiary/aromatic N) is 2. The highest BCUT2D eigenvalue weighted by molar-refractivity contribution is 5.81. The number of carbonyl (C=O) groups is 1. The average Bonchev–Trinajstić information content (AvgIpc) is 3.09. The zero-order valence-electron chi connectivity index (χ0n) is 11.6. The summed E-state index contributed by atoms with van der Waals surface area (Å²) in [4.78, 5) is 16.1. The van der Waals surface area contributed by atoms with E-state index < -0.39 is 0 Å². The lowest BCUT2D eigenvalue weighted by molar-refractivity contribution is -0.129. The van der Waals surface area contributed by atoms with Crippen molar-refractivity contribution >= 4 is 16.9 Å². The number of carbonyl (C=O) groups excluding carboxylic acids is 1. The van der Waals surface area contributed by atoms with Gasteiger partial charge < -0.3 is 14.6 Å². The molecule has 0 spiro atoms. The number of rotatable bonds is 4. The van der Waals surface area contributed by atoms with Crippen LogP contribution in [0.1, 0.15) is 18.4 Å². The van der Waals surface area contributed by atoms with Crippen molar-refractivity contribution in [3.05, 3.63) is 30.1 Å². The highest BCUT2D eigenvalue weighted by atomic mass is 16.5. The van der Waals surface area contributed by atoms with Gasteiger partial charge in [0.15, 0.2) is 0 Å². The second-order valence-electron chi connectivity index (χ2n) is 5.22. The Morgan fingerprint density at radius 2 is 2.45 bits per heavy atom. The van der Waals surface area contributed by atoms with Gasteiger partial charge in [0.2, 0.25) is 5.91 Å². The smallest absolute Gasteiger partial charge is 0.249 e. The first-order valence-electron chi connectivity index (χ1n) is 7.03. The molecule has 1 fully saturated rings. The van der Waals surface area contributed by atoms with Gasteiger partial charge in [0, 0.05) is 20.2 Å². The molecule has 0 saturated carbocycles. The summed E-state index contributed by atoms with van der Waals surface area (Å²) in [6.07, 6.45) is 4.20. The maximum atomic E-state index is 11.8. The van der Waals surface area contributed by atoms with Crippen LogP contribution in [-0.4, -0.2) is 34.7 Å². The van der Waals surface area contributed by atoms with Crippen molar-refractivity contribution < 1.29 is 9.53 Å². The Balaban J connectivity index is 1.55. The normalized spacial score (nSPS) is 18.6. The topological polar surface area (TPSA) is 56.2 Å². The van der Waals surface area contributed by atoms with Gasteiger partial charge in [-0.1, -0.05) is 6.07 Å². The van der Waals surface area contributed by atoms with Gasteiger partial charge in [-0.15, -0.1) is 0 Å². The summed E-state index contributed by atoms with van der Waals surface area (Å²) >= 11 is 0. The highest BCUT2D eigenvalue weighted by Crippen LogP contribution is 2.14. The minimum Gasteiger partial charge on any atom is -0.368 e. The van der Waals surface area contributed by atoms with Crippen LogP contribution < -0.4 is 5.32 Å². The summed E-state index contributed by atoms with van der Waals surface area (Å²) in [5.74, 6) is 0.0152. The van der Waals surface area contributed by atoms with E-state index in [1.807, 2.05) is 17.9 Å². The lowest BCUT2D eigenvalue weighted by atomic mass is 10.1. The molecule has 1 aromatic carbocycles. The molecule has 0 radical (unpaired) electrons. The first-order chi connectivity index (χ1) is 9.74. The second-order valence-corrected chi connectivity index (χ2v) is 5.22. The molecule has 1 aliphatic heterocycles. The molecule has 106 valence electrons. The summed E-state index contributed by atoms with van der Waals surface area (Å²) < 4.78 is 7.35. The SMILES string of the molecule is Cn1cnc2cc(CCNC(=O)C3CCCO3)ccc21. The summed E-state index contributed by atoms with van der Waals surface area (Å²) in [5.41, 5.74) is 3.30. The van der Waals surface area contributed by atoms with Crippen molar-refractivity contribution in [2.75, 3.05) is 13.2 Å². The van der Waals surface area contributed by atoms with Gasteiger partial charge in [0.05, 0.1) is 17.4 Å². The molecule has 1 atom stereocenters. The van der Waals surface area contributed by atoms with Crippen molar-refractivity contribution in [3.8, 4) is 0 Å². The maximum absolute atomic E-state index is 11.8. The van der Waals surface area contributed by atoms with Crippen molar-refractivity contribution in [3.63, 3.8) is 0 Å². The molecular weight excluding hydrogens is 254 g/mol. The number of fused-ring (bicyclic) bond motifs is 1. The third-order valence-electron chi connectivity index (χ3n) is 3.72. The number of aryl methyl sites for hydroxylation is 1. The molecule has 0 bridgehead atoms. The van der Waals surface area contributed by atoms with Gasteiger partial charge in [-0.05, 0) is 37.0 Å². The Hall–Kier alpha value is -1.88. The number of ether oxygens (including phenoxy) is 1. The predicted octanol–water partition coefficient (Wildman–Crippen LogP) is 1.41. The lowest BCUT2D eigenvalue weighted by Crippen LogP contribution is -2.35. The quantitative estimate of drug-likeness (QED) is 0.916. The predicted molar refractivity (Wildman–Crippen MR) is 76.4 cm³/mol. The molecule has 5 heteroatoms. The Morgan fingerprint density at radius 1 is 1.55 bits per heavy atom. The largest absolute Gasteiger partial charge is 0.368 e. The van der Waals surface area contributed by atoms with Crippen LogP contribution in [0.2, 0.25) is 0 Å². The van der Waals surface area contributed by atoms with E-state index >= 15 is 0 Å². The Bertz CT molecular complexity index is 615. The number of hydrogen-bond acceptors (Lipinski definition) is 3. The minimum absolute atomic E-state index is 0.0152. The molecular formula is C15H19N3O2. The van der Waals surface area contributed by atoms with Crippen molar-refractivity contribution in [2.45, 2.75) is 25.4 Å². The third kappa shape index (κ3) is 2.67. The van der Waals surface area contributed by atoms with Crippen molar-refractivity contribution in [1.29, 1.82) is 0 Å². The lowest BCUT2D eigenvalue weighted by Gasteiger charge is -2.10. The Morgan fingerprint density at radius 3 is 3.25 bits per heavy atom. The molecule has 3 rings (SSSR count). The third-order valence-corrected chi connectivity index (χ3v) is 3.72. The van der Waals surface area contributed by atoms with Gasteiger partial charge >= 0.3 is 0 Å². The van der Waals surface area contributed by atoms with Gasteiger partial charge in [0.1, 0.15) is 6.10 Å². The summed E-state index contributed by atoms with van der Waals surface area (Å²) in [7, 11) is 1.98. The standard InChI is InChI=1S/C15H19N3O2/c1-18-10-17-12-9-11(4-5-13(12)18)6-7-16-15(19)14-3-2-8-20-14/h4-5,9-10,14H,2-3,6-8H2,1H3,(H,16,19). The fourth-order valence-corrected chi connectivity index (χ4v) is 2.57. The number of hydrogen-bond donors (Lipinski definition) is 1. The highest BCUT2D eigenvalue weighted by Gasteiger charge is 2.22. The fourth-order valence-electron chi connectivity index (χ4n) is 2.57. The van der Waals surface area contributed by atoms with E-state index in [1.165, 1.54) is 5.56 Å². The number of aromatic nitrogens is 2. The molecule has 1 aliphatic rings. The van der Waals surface area contributed by atoms with Gasteiger partial charge in [0.25, 0.3) is 0 Å². The van der Waals surface area contributed by atoms with Crippen LogP contribution in [0.25, 0.3) is 11.0 Å². The number of amides is 1. The Labute approximate surface area is 117 Å². The molecule has 20 heavy (non-hydrogen) atoms. The molecule has 1 saturated heterocycles. The van der Waals surface area contributed by atoms with Crippen LogP contribution in [0.3, 0.4) is 0 Å². The van der Waals surface area contributed by atoms with E-state index in [1.54, 1.807) is 0 Å². The molecule has 5 nitrogen and oxygen atoms in total. The zero-order chi connectivity index (χ0) is 13.9. The van der Waals surface area contributed by atoms with Crippen LogP contribution >= 0.6 is 0 Å². The number of nitrogens with one attached hydrogen (secondary N) is 1. The van der Waals surface area contributed by atoms with Crippen LogP contribution in [0.4, 0.5) is 0 Å². The van der Waals surface area contributed by atoms with Gasteiger partial charge in [-0.25, -0.2) is 4.98 Å². The van der Waals surface area contributed by atoms with E-state index in [-0.39, 0.29) is 12.0 Å². The van der Waals surface area contributed by atoms with Crippen molar-refractivity contribution in [2.24, 2.45) is 7.05 Å². The minimum atomic E-state index is -0.242. The van der Waals surface area contributed by atoms with Gasteiger partial charge in [-0.2, -0.15) is 0 Å². The van der Waals surface area contributed by atoms with E-state index in [2.05, 4.69) is 28.5 Å². The van der Waals surface area contributed by atoms with E-state index in [4.69, 9.17) is 4.74 Å². The molecule has 0 aliphatic carbocycles. The van der Waals surface area contributed by atoms with Crippen LogP contribution in [0.15, 0.2) is 24.5 Å². The van der Waals surface area contributed by atoms with Crippen molar-refractivity contribution in [1.82, 2.24) is 14.9 Å². The first kappa shape index (κ1) is 13.1. The molecule has 1 amide bonds. The monoisotopic (exact) mass is 273 g/mol. The average molecular weight is 273 g/mol. The Kier molecular flexibility index (Phi) is 3.69. The summed E-state index contributed by atoms with van der Waals surface area (Å²) in [6.45, 7) is 1.34. The molecule has 1 aromatic heterocycles. The van der Waals surface area contributed by atoms with E-state index in [9.17, 15) is 4.79 Å². The van der Waals surface area contributed by atoms with Crippen LogP contribution in [0.5, 0.6) is 0 Å². The molecule has 2 heterocycles. The molecule has 1 N–H and O–H groups in total. The number of benzene rings is 1. The summed E-state index contributed by atoms with van der Waals surface area (Å²) in [6, 6.07) is 6.23. The maximum Gasteiger partial charge on any atom is 0.249 e. The number of imidazole rings is 1. The van der Waals surface area contributed by atoms with Gasteiger partial charge in [-0.3, -0.25) is 4.79 Å². The zero-order valence-corrected chi connectivity index (χ0v) is 11.6. The summed E-state index contributed by atoms with van der Waals surface area (Å²) in [5, 5.41) is 2.94. The fraction of sp³-hybridized carbons (Fsp3) is 0.467. The molecule has 1 unspecified atom stereocenters. The second kappa shape index (κ2) is 5.63.